The van der Waals surface area contributed by atoms with E-state index in [4.69, 9.17) is 4.74 Å². The first-order valence-corrected chi connectivity index (χ1v) is 6.63. The molecule has 0 aromatic heterocycles. The van der Waals surface area contributed by atoms with Gasteiger partial charge in [0.05, 0.1) is 5.60 Å². The van der Waals surface area contributed by atoms with E-state index in [-0.39, 0.29) is 5.60 Å². The van der Waals surface area contributed by atoms with E-state index in [0.717, 1.165) is 19.6 Å². The smallest absolute Gasteiger partial charge is 0.0694 e. The minimum atomic E-state index is 0.182. The first-order valence-electron chi connectivity index (χ1n) is 6.63. The van der Waals surface area contributed by atoms with E-state index in [0.29, 0.717) is 6.04 Å². The summed E-state index contributed by atoms with van der Waals surface area (Å²) < 4.78 is 6.05. The molecule has 1 rings (SSSR count). The van der Waals surface area contributed by atoms with Crippen LogP contribution in [0.5, 0.6) is 0 Å². The van der Waals surface area contributed by atoms with Crippen molar-refractivity contribution in [2.24, 2.45) is 0 Å². The molecule has 0 spiro atoms. The molecule has 2 nitrogen and oxygen atoms in total. The summed E-state index contributed by atoms with van der Waals surface area (Å²) in [6.45, 7) is 8.74. The predicted molar refractivity (Wildman–Crippen MR) is 65.2 cm³/mol. The molecule has 1 saturated heterocycles. The van der Waals surface area contributed by atoms with Gasteiger partial charge in [-0.05, 0) is 32.2 Å². The van der Waals surface area contributed by atoms with Crippen LogP contribution in [0.3, 0.4) is 0 Å². The molecule has 1 fully saturated rings. The number of ether oxygens (including phenoxy) is 1. The molecule has 1 aliphatic rings. The largest absolute Gasteiger partial charge is 0.375 e. The lowest BCUT2D eigenvalue weighted by Gasteiger charge is -2.41. The van der Waals surface area contributed by atoms with Gasteiger partial charge in [0.2, 0.25) is 0 Å². The monoisotopic (exact) mass is 213 g/mol. The van der Waals surface area contributed by atoms with Crippen molar-refractivity contribution in [1.82, 2.24) is 5.32 Å². The van der Waals surface area contributed by atoms with Crippen molar-refractivity contribution in [3.63, 3.8) is 0 Å². The van der Waals surface area contributed by atoms with E-state index in [1.165, 1.54) is 32.1 Å². The summed E-state index contributed by atoms with van der Waals surface area (Å²) in [6, 6.07) is 0.681. The molecule has 2 heteroatoms. The van der Waals surface area contributed by atoms with Gasteiger partial charge < -0.3 is 10.1 Å². The summed E-state index contributed by atoms with van der Waals surface area (Å²) in [4.78, 5) is 0. The number of rotatable bonds is 6. The third kappa shape index (κ3) is 3.76. The summed E-state index contributed by atoms with van der Waals surface area (Å²) in [5, 5.41) is 3.57. The average Bonchev–Trinajstić information content (AvgIpc) is 2.27. The van der Waals surface area contributed by atoms with Crippen LogP contribution in [0.25, 0.3) is 0 Å². The lowest BCUT2D eigenvalue weighted by atomic mass is 9.84. The molecule has 0 aliphatic carbocycles. The molecule has 2 unspecified atom stereocenters. The summed E-state index contributed by atoms with van der Waals surface area (Å²) >= 11 is 0. The maximum absolute atomic E-state index is 6.05. The van der Waals surface area contributed by atoms with Gasteiger partial charge in [0, 0.05) is 12.6 Å². The molecule has 0 saturated carbocycles. The van der Waals surface area contributed by atoms with Gasteiger partial charge >= 0.3 is 0 Å². The topological polar surface area (TPSA) is 21.3 Å². The number of nitrogens with one attached hydrogen (secondary N) is 1. The number of hydrogen-bond donors (Lipinski definition) is 1. The quantitative estimate of drug-likeness (QED) is 0.732. The van der Waals surface area contributed by atoms with Gasteiger partial charge in [-0.2, -0.15) is 0 Å². The summed E-state index contributed by atoms with van der Waals surface area (Å²) in [6.07, 6.45) is 7.36. The second kappa shape index (κ2) is 6.49. The van der Waals surface area contributed by atoms with Gasteiger partial charge in [0.1, 0.15) is 0 Å². The molecule has 2 atom stereocenters. The molecule has 1 N–H and O–H groups in total. The standard InChI is InChI=1S/C13H27NO/c1-4-7-9-13(5-2)11-12(14-6-3)8-10-15-13/h12,14H,4-11H2,1-3H3. The van der Waals surface area contributed by atoms with Crippen LogP contribution >= 0.6 is 0 Å². The molecular weight excluding hydrogens is 186 g/mol. The molecule has 1 aliphatic heterocycles. The van der Waals surface area contributed by atoms with Crippen molar-refractivity contribution in [3.05, 3.63) is 0 Å². The van der Waals surface area contributed by atoms with E-state index in [1.54, 1.807) is 0 Å². The van der Waals surface area contributed by atoms with Crippen molar-refractivity contribution in [1.29, 1.82) is 0 Å². The van der Waals surface area contributed by atoms with Crippen LogP contribution in [0.1, 0.15) is 59.3 Å². The van der Waals surface area contributed by atoms with Crippen molar-refractivity contribution in [2.75, 3.05) is 13.2 Å². The normalized spacial score (nSPS) is 31.8. The average molecular weight is 213 g/mol. The van der Waals surface area contributed by atoms with Gasteiger partial charge in [0.25, 0.3) is 0 Å². The van der Waals surface area contributed by atoms with Crippen LogP contribution in [-0.4, -0.2) is 24.8 Å². The Balaban J connectivity index is 2.47. The van der Waals surface area contributed by atoms with Gasteiger partial charge in [-0.3, -0.25) is 0 Å². The van der Waals surface area contributed by atoms with Crippen molar-refractivity contribution in [3.8, 4) is 0 Å². The highest BCUT2D eigenvalue weighted by Gasteiger charge is 2.34. The third-order valence-electron chi connectivity index (χ3n) is 3.62. The van der Waals surface area contributed by atoms with E-state index in [9.17, 15) is 0 Å². The van der Waals surface area contributed by atoms with Gasteiger partial charge in [-0.25, -0.2) is 0 Å². The van der Waals surface area contributed by atoms with Gasteiger partial charge in [-0.15, -0.1) is 0 Å². The summed E-state index contributed by atoms with van der Waals surface area (Å²) in [5.74, 6) is 0. The van der Waals surface area contributed by atoms with Crippen molar-refractivity contribution < 1.29 is 4.74 Å². The zero-order valence-corrected chi connectivity index (χ0v) is 10.6. The Morgan fingerprint density at radius 1 is 1.33 bits per heavy atom. The Morgan fingerprint density at radius 2 is 2.13 bits per heavy atom. The highest BCUT2D eigenvalue weighted by atomic mass is 16.5. The lowest BCUT2D eigenvalue weighted by Crippen LogP contribution is -2.46. The Kier molecular flexibility index (Phi) is 5.62. The Hall–Kier alpha value is -0.0800. The molecule has 0 aromatic rings. The first-order chi connectivity index (χ1) is 7.26. The summed E-state index contributed by atoms with van der Waals surface area (Å²) in [5.41, 5.74) is 0.182. The highest BCUT2D eigenvalue weighted by molar-refractivity contribution is 4.88. The molecule has 0 aromatic carbocycles. The van der Waals surface area contributed by atoms with Crippen LogP contribution in [0, 0.1) is 0 Å². The Labute approximate surface area is 94.8 Å². The molecule has 90 valence electrons. The molecule has 0 amide bonds. The van der Waals surface area contributed by atoms with Crippen LogP contribution in [0.4, 0.5) is 0 Å². The van der Waals surface area contributed by atoms with E-state index in [2.05, 4.69) is 26.1 Å². The fourth-order valence-corrected chi connectivity index (χ4v) is 2.59. The predicted octanol–water partition coefficient (Wildman–Crippen LogP) is 3.11. The fraction of sp³-hybridized carbons (Fsp3) is 1.00. The third-order valence-corrected chi connectivity index (χ3v) is 3.62. The Bertz CT molecular complexity index is 170. The summed E-state index contributed by atoms with van der Waals surface area (Å²) in [7, 11) is 0. The van der Waals surface area contributed by atoms with Crippen molar-refractivity contribution in [2.45, 2.75) is 70.9 Å². The van der Waals surface area contributed by atoms with Crippen molar-refractivity contribution >= 4 is 0 Å². The van der Waals surface area contributed by atoms with E-state index < -0.39 is 0 Å². The minimum absolute atomic E-state index is 0.182. The molecule has 15 heavy (non-hydrogen) atoms. The van der Waals surface area contributed by atoms with Gasteiger partial charge in [-0.1, -0.05) is 33.6 Å². The molecule has 0 bridgehead atoms. The first kappa shape index (κ1) is 13.0. The second-order valence-electron chi connectivity index (χ2n) is 4.74. The van der Waals surface area contributed by atoms with E-state index >= 15 is 0 Å². The molecule has 0 radical (unpaired) electrons. The maximum atomic E-state index is 6.05. The van der Waals surface area contributed by atoms with Crippen LogP contribution in [-0.2, 0) is 4.74 Å². The number of unbranched alkanes of at least 4 members (excludes halogenated alkanes) is 1. The highest BCUT2D eigenvalue weighted by Crippen LogP contribution is 2.33. The van der Waals surface area contributed by atoms with Crippen LogP contribution < -0.4 is 5.32 Å². The molecule has 1 heterocycles. The zero-order valence-electron chi connectivity index (χ0n) is 10.6. The van der Waals surface area contributed by atoms with Crippen LogP contribution in [0.2, 0.25) is 0 Å². The number of hydrogen-bond acceptors (Lipinski definition) is 2. The van der Waals surface area contributed by atoms with Gasteiger partial charge in [0.15, 0.2) is 0 Å². The Morgan fingerprint density at radius 3 is 2.73 bits per heavy atom. The zero-order chi connectivity index (χ0) is 11.1. The minimum Gasteiger partial charge on any atom is -0.375 e. The fourth-order valence-electron chi connectivity index (χ4n) is 2.59. The maximum Gasteiger partial charge on any atom is 0.0694 e. The SMILES string of the molecule is CCCCC1(CC)CC(NCC)CCO1. The second-order valence-corrected chi connectivity index (χ2v) is 4.74. The van der Waals surface area contributed by atoms with Crippen LogP contribution in [0.15, 0.2) is 0 Å². The molecular formula is C13H27NO. The van der Waals surface area contributed by atoms with E-state index in [1.807, 2.05) is 0 Å². The lowest BCUT2D eigenvalue weighted by molar-refractivity contribution is -0.0966.